The summed E-state index contributed by atoms with van der Waals surface area (Å²) < 4.78 is 49.4. The molecule has 140 valence electrons. The van der Waals surface area contributed by atoms with E-state index in [1.807, 2.05) is 24.3 Å². The number of rotatable bonds is 2. The fraction of sp³-hybridized carbons (Fsp3) is 0.222. The van der Waals surface area contributed by atoms with E-state index in [-0.39, 0.29) is 9.51 Å². The molecule has 2 heterocycles. The quantitative estimate of drug-likeness (QED) is 0.493. The zero-order chi connectivity index (χ0) is 19.2. The Hall–Kier alpha value is -2.16. The summed E-state index contributed by atoms with van der Waals surface area (Å²) in [5.41, 5.74) is 0.488. The number of nitrogens with zero attached hydrogens (tertiary/aromatic N) is 3. The SMILES string of the molecule is Cc1nsc([N+]2(c3ccc(C(F)(F)F)cc3Cl)CCOc3ccccc32)n1. The first-order chi connectivity index (χ1) is 12.8. The molecule has 1 atom stereocenters. The molecule has 2 aromatic carbocycles. The van der Waals surface area contributed by atoms with Gasteiger partial charge in [-0.05, 0) is 25.1 Å². The molecular weight excluding hydrogens is 399 g/mol. The molecular formula is C18H14ClF3N3OS+. The maximum atomic E-state index is 13.1. The minimum absolute atomic E-state index is 0.0226. The summed E-state index contributed by atoms with van der Waals surface area (Å²) in [5.74, 6) is 1.24. The molecule has 0 radical (unpaired) electrons. The second-order valence-electron chi connectivity index (χ2n) is 6.14. The minimum atomic E-state index is -4.46. The molecule has 0 N–H and O–H groups in total. The van der Waals surface area contributed by atoms with Gasteiger partial charge < -0.3 is 4.74 Å². The molecule has 0 spiro atoms. The highest BCUT2D eigenvalue weighted by Gasteiger charge is 2.46. The third-order valence-corrected chi connectivity index (χ3v) is 5.71. The van der Waals surface area contributed by atoms with Gasteiger partial charge in [-0.25, -0.2) is 0 Å². The summed E-state index contributed by atoms with van der Waals surface area (Å²) in [5, 5.41) is 0.652. The van der Waals surface area contributed by atoms with Crippen LogP contribution in [0.25, 0.3) is 0 Å². The monoisotopic (exact) mass is 412 g/mol. The molecule has 0 aliphatic carbocycles. The first kappa shape index (κ1) is 18.2. The second kappa shape index (κ2) is 6.47. The molecule has 0 saturated carbocycles. The van der Waals surface area contributed by atoms with Crippen LogP contribution in [0.1, 0.15) is 11.4 Å². The number of halogens is 4. The van der Waals surface area contributed by atoms with E-state index in [9.17, 15) is 13.2 Å². The van der Waals surface area contributed by atoms with Crippen LogP contribution in [-0.4, -0.2) is 22.5 Å². The van der Waals surface area contributed by atoms with Crippen LogP contribution in [-0.2, 0) is 6.18 Å². The van der Waals surface area contributed by atoms with Crippen LogP contribution in [0.5, 0.6) is 5.75 Å². The van der Waals surface area contributed by atoms with Gasteiger partial charge in [0, 0.05) is 23.7 Å². The molecule has 0 amide bonds. The Morgan fingerprint density at radius 3 is 2.59 bits per heavy atom. The number of hydrogen-bond donors (Lipinski definition) is 0. The zero-order valence-electron chi connectivity index (χ0n) is 14.1. The lowest BCUT2D eigenvalue weighted by atomic mass is 10.1. The number of hydrogen-bond acceptors (Lipinski definition) is 4. The Kier molecular flexibility index (Phi) is 4.37. The first-order valence-corrected chi connectivity index (χ1v) is 9.26. The molecule has 0 bridgehead atoms. The maximum Gasteiger partial charge on any atom is 0.416 e. The van der Waals surface area contributed by atoms with E-state index in [0.717, 1.165) is 17.8 Å². The van der Waals surface area contributed by atoms with Crippen LogP contribution in [0.15, 0.2) is 42.5 Å². The van der Waals surface area contributed by atoms with Crippen LogP contribution in [0.3, 0.4) is 0 Å². The van der Waals surface area contributed by atoms with E-state index >= 15 is 0 Å². The Morgan fingerprint density at radius 1 is 1.15 bits per heavy atom. The molecule has 1 aromatic heterocycles. The Balaban J connectivity index is 2.00. The summed E-state index contributed by atoms with van der Waals surface area (Å²) in [6.45, 7) is 2.58. The van der Waals surface area contributed by atoms with E-state index < -0.39 is 11.7 Å². The second-order valence-corrected chi connectivity index (χ2v) is 7.28. The first-order valence-electron chi connectivity index (χ1n) is 8.11. The average Bonchev–Trinajstić information content (AvgIpc) is 3.07. The van der Waals surface area contributed by atoms with Crippen LogP contribution in [0.4, 0.5) is 29.7 Å². The van der Waals surface area contributed by atoms with Gasteiger partial charge in [-0.2, -0.15) is 27.0 Å². The molecule has 0 saturated heterocycles. The lowest BCUT2D eigenvalue weighted by molar-refractivity contribution is -0.137. The third kappa shape index (κ3) is 2.97. The smallest absolute Gasteiger partial charge is 0.416 e. The van der Waals surface area contributed by atoms with Gasteiger partial charge in [-0.1, -0.05) is 23.7 Å². The number of aryl methyl sites for hydroxylation is 1. The van der Waals surface area contributed by atoms with Gasteiger partial charge in [0.2, 0.25) is 0 Å². The van der Waals surface area contributed by atoms with Gasteiger partial charge >= 0.3 is 11.3 Å². The van der Waals surface area contributed by atoms with Gasteiger partial charge in [0.15, 0.2) is 17.1 Å². The summed E-state index contributed by atoms with van der Waals surface area (Å²) in [7, 11) is 0. The number of fused-ring (bicyclic) bond motifs is 1. The van der Waals surface area contributed by atoms with Crippen LogP contribution in [0, 0.1) is 6.92 Å². The third-order valence-electron chi connectivity index (χ3n) is 4.49. The van der Waals surface area contributed by atoms with Crippen molar-refractivity contribution in [3.63, 3.8) is 0 Å². The van der Waals surface area contributed by atoms with Crippen molar-refractivity contribution in [3.8, 4) is 5.75 Å². The molecule has 4 rings (SSSR count). The van der Waals surface area contributed by atoms with Crippen molar-refractivity contribution < 1.29 is 17.9 Å². The Bertz CT molecular complexity index is 1010. The standard InChI is InChI=1S/C18H14ClF3N3OS/c1-11-23-17(27-24-11)25(8-9-26-16-5-3-2-4-15(16)25)14-7-6-12(10-13(14)19)18(20,21)22/h2-7,10H,8-9H2,1H3/q+1. The highest BCUT2D eigenvalue weighted by Crippen LogP contribution is 2.52. The van der Waals surface area contributed by atoms with Crippen LogP contribution < -0.4 is 9.22 Å². The normalized spacial score (nSPS) is 19.4. The van der Waals surface area contributed by atoms with Crippen molar-refractivity contribution in [3.05, 3.63) is 58.9 Å². The lowest BCUT2D eigenvalue weighted by Gasteiger charge is -2.38. The Labute approximate surface area is 162 Å². The summed E-state index contributed by atoms with van der Waals surface area (Å²) >= 11 is 7.59. The van der Waals surface area contributed by atoms with Gasteiger partial charge in [-0.3, -0.25) is 0 Å². The lowest BCUT2D eigenvalue weighted by Crippen LogP contribution is -2.45. The van der Waals surface area contributed by atoms with E-state index in [1.54, 1.807) is 6.92 Å². The van der Waals surface area contributed by atoms with E-state index in [2.05, 4.69) is 9.36 Å². The van der Waals surface area contributed by atoms with Crippen LogP contribution in [0.2, 0.25) is 5.02 Å². The largest absolute Gasteiger partial charge is 0.481 e. The van der Waals surface area contributed by atoms with Crippen molar-refractivity contribution in [2.75, 3.05) is 13.2 Å². The topological polar surface area (TPSA) is 35.0 Å². The highest BCUT2D eigenvalue weighted by atomic mass is 35.5. The predicted molar refractivity (Wildman–Crippen MR) is 99.0 cm³/mol. The number of quaternary nitrogens is 1. The molecule has 3 aromatic rings. The van der Waals surface area contributed by atoms with Gasteiger partial charge in [0.05, 0.1) is 5.56 Å². The molecule has 1 aliphatic heterocycles. The van der Waals surface area contributed by atoms with E-state index in [1.165, 1.54) is 17.6 Å². The number of alkyl halides is 3. The molecule has 27 heavy (non-hydrogen) atoms. The highest BCUT2D eigenvalue weighted by molar-refractivity contribution is 7.09. The van der Waals surface area contributed by atoms with Crippen LogP contribution >= 0.6 is 23.1 Å². The minimum Gasteiger partial charge on any atom is -0.481 e. The van der Waals surface area contributed by atoms with Crippen molar-refractivity contribution in [1.29, 1.82) is 0 Å². The van der Waals surface area contributed by atoms with Crippen molar-refractivity contribution >= 4 is 39.6 Å². The number of aromatic nitrogens is 2. The number of benzene rings is 2. The van der Waals surface area contributed by atoms with Crippen molar-refractivity contribution in [2.24, 2.45) is 0 Å². The fourth-order valence-corrected chi connectivity index (χ4v) is 4.47. The zero-order valence-corrected chi connectivity index (χ0v) is 15.7. The van der Waals surface area contributed by atoms with Gasteiger partial charge in [0.25, 0.3) is 0 Å². The summed E-state index contributed by atoms with van der Waals surface area (Å²) in [4.78, 5) is 4.54. The Morgan fingerprint density at radius 2 is 1.93 bits per heavy atom. The molecule has 9 heteroatoms. The average molecular weight is 413 g/mol. The van der Waals surface area contributed by atoms with Gasteiger partial charge in [0.1, 0.15) is 24.0 Å². The van der Waals surface area contributed by atoms with Crippen molar-refractivity contribution in [1.82, 2.24) is 13.8 Å². The number of ether oxygens (including phenoxy) is 1. The predicted octanol–water partition coefficient (Wildman–Crippen LogP) is 5.88. The number of para-hydroxylation sites is 2. The summed E-state index contributed by atoms with van der Waals surface area (Å²) in [6, 6.07) is 10.8. The summed E-state index contributed by atoms with van der Waals surface area (Å²) in [6.07, 6.45) is -4.46. The molecule has 1 aliphatic rings. The van der Waals surface area contributed by atoms with E-state index in [0.29, 0.717) is 35.5 Å². The van der Waals surface area contributed by atoms with E-state index in [4.69, 9.17) is 16.3 Å². The maximum absolute atomic E-state index is 13.1. The molecule has 1 unspecified atom stereocenters. The van der Waals surface area contributed by atoms with Crippen molar-refractivity contribution in [2.45, 2.75) is 13.1 Å². The molecule has 0 fully saturated rings. The fourth-order valence-electron chi connectivity index (χ4n) is 3.29. The molecule has 4 nitrogen and oxygen atoms in total. The van der Waals surface area contributed by atoms with Gasteiger partial charge in [-0.15, -0.1) is 0 Å².